The summed E-state index contributed by atoms with van der Waals surface area (Å²) in [5.74, 6) is 0.103. The minimum Gasteiger partial charge on any atom is -0.342 e. The second kappa shape index (κ2) is 7.88. The third-order valence-corrected chi connectivity index (χ3v) is 4.82. The molecular formula is C18H26FN3O. The van der Waals surface area contributed by atoms with Crippen molar-refractivity contribution in [2.45, 2.75) is 25.8 Å². The molecule has 0 aliphatic carbocycles. The fourth-order valence-corrected chi connectivity index (χ4v) is 3.45. The molecule has 0 N–H and O–H groups in total. The maximum Gasteiger partial charge on any atom is 0.236 e. The number of carbonyl (C=O) groups is 1. The zero-order chi connectivity index (χ0) is 16.1. The molecule has 0 spiro atoms. The van der Waals surface area contributed by atoms with Gasteiger partial charge in [-0.25, -0.2) is 4.39 Å². The largest absolute Gasteiger partial charge is 0.342 e. The molecule has 0 unspecified atom stereocenters. The molecular weight excluding hydrogens is 293 g/mol. The fourth-order valence-electron chi connectivity index (χ4n) is 3.45. The predicted octanol–water partition coefficient (Wildman–Crippen LogP) is 1.96. The fraction of sp³-hybridized carbons (Fsp3) is 0.611. The smallest absolute Gasteiger partial charge is 0.236 e. The van der Waals surface area contributed by atoms with Crippen LogP contribution < -0.4 is 0 Å². The Labute approximate surface area is 137 Å². The number of likely N-dealkylation sites (tertiary alicyclic amines) is 1. The van der Waals surface area contributed by atoms with Crippen molar-refractivity contribution in [3.05, 3.63) is 35.6 Å². The van der Waals surface area contributed by atoms with Crippen molar-refractivity contribution in [2.24, 2.45) is 0 Å². The highest BCUT2D eigenvalue weighted by Gasteiger charge is 2.22. The Kier molecular flexibility index (Phi) is 5.62. The highest BCUT2D eigenvalue weighted by molar-refractivity contribution is 5.78. The standard InChI is InChI=1S/C18H26FN3O/c19-17-6-4-16(5-7-17)14-20-8-3-9-21(13-12-20)15-18(23)22-10-1-2-11-22/h4-7H,1-3,8-15H2. The average Bonchev–Trinajstić information content (AvgIpc) is 3.00. The SMILES string of the molecule is O=C(CN1CCCN(Cc2ccc(F)cc2)CC1)N1CCCC1. The van der Waals surface area contributed by atoms with Gasteiger partial charge in [0.15, 0.2) is 0 Å². The average molecular weight is 319 g/mol. The maximum atomic E-state index is 13.0. The number of halogens is 1. The van der Waals surface area contributed by atoms with E-state index in [9.17, 15) is 9.18 Å². The summed E-state index contributed by atoms with van der Waals surface area (Å²) in [6, 6.07) is 6.76. The van der Waals surface area contributed by atoms with Crippen LogP contribution in [0.4, 0.5) is 4.39 Å². The maximum absolute atomic E-state index is 13.0. The molecule has 23 heavy (non-hydrogen) atoms. The van der Waals surface area contributed by atoms with Crippen LogP contribution in [0.2, 0.25) is 0 Å². The molecule has 2 saturated heterocycles. The molecule has 1 aromatic rings. The van der Waals surface area contributed by atoms with E-state index in [2.05, 4.69) is 9.80 Å². The molecule has 2 heterocycles. The Morgan fingerprint density at radius 2 is 1.52 bits per heavy atom. The van der Waals surface area contributed by atoms with Crippen LogP contribution in [0.15, 0.2) is 24.3 Å². The number of hydrogen-bond acceptors (Lipinski definition) is 3. The Balaban J connectivity index is 1.46. The molecule has 3 rings (SSSR count). The van der Waals surface area contributed by atoms with Crippen molar-refractivity contribution < 1.29 is 9.18 Å². The molecule has 2 aliphatic rings. The van der Waals surface area contributed by atoms with Crippen molar-refractivity contribution >= 4 is 5.91 Å². The van der Waals surface area contributed by atoms with Gasteiger partial charge in [0.05, 0.1) is 6.54 Å². The highest BCUT2D eigenvalue weighted by atomic mass is 19.1. The van der Waals surface area contributed by atoms with Gasteiger partial charge in [-0.1, -0.05) is 12.1 Å². The summed E-state index contributed by atoms with van der Waals surface area (Å²) in [5.41, 5.74) is 1.15. The number of carbonyl (C=O) groups excluding carboxylic acids is 1. The van der Waals surface area contributed by atoms with Gasteiger partial charge < -0.3 is 4.90 Å². The van der Waals surface area contributed by atoms with E-state index >= 15 is 0 Å². The highest BCUT2D eigenvalue weighted by Crippen LogP contribution is 2.12. The van der Waals surface area contributed by atoms with Crippen LogP contribution in [0.25, 0.3) is 0 Å². The number of benzene rings is 1. The van der Waals surface area contributed by atoms with E-state index in [0.29, 0.717) is 6.54 Å². The van der Waals surface area contributed by atoms with Crippen LogP contribution in [-0.4, -0.2) is 66.4 Å². The topological polar surface area (TPSA) is 26.8 Å². The van der Waals surface area contributed by atoms with Gasteiger partial charge in [-0.05, 0) is 50.0 Å². The van der Waals surface area contributed by atoms with Crippen LogP contribution in [0.1, 0.15) is 24.8 Å². The first-order valence-corrected chi connectivity index (χ1v) is 8.68. The van der Waals surface area contributed by atoms with Crippen molar-refractivity contribution in [2.75, 3.05) is 45.8 Å². The van der Waals surface area contributed by atoms with E-state index < -0.39 is 0 Å². The van der Waals surface area contributed by atoms with E-state index in [0.717, 1.165) is 70.6 Å². The van der Waals surface area contributed by atoms with Crippen LogP contribution in [0, 0.1) is 5.82 Å². The number of rotatable bonds is 4. The molecule has 0 bridgehead atoms. The van der Waals surface area contributed by atoms with E-state index in [1.807, 2.05) is 17.0 Å². The quantitative estimate of drug-likeness (QED) is 0.849. The Morgan fingerprint density at radius 1 is 0.870 bits per heavy atom. The van der Waals surface area contributed by atoms with Crippen molar-refractivity contribution in [3.8, 4) is 0 Å². The van der Waals surface area contributed by atoms with E-state index in [1.54, 1.807) is 0 Å². The Bertz CT molecular complexity index is 514. The molecule has 0 aromatic heterocycles. The molecule has 1 amide bonds. The summed E-state index contributed by atoms with van der Waals surface area (Å²) in [5, 5.41) is 0. The normalized spacial score (nSPS) is 20.7. The third kappa shape index (κ3) is 4.75. The molecule has 0 atom stereocenters. The summed E-state index contributed by atoms with van der Waals surface area (Å²) >= 11 is 0. The summed E-state index contributed by atoms with van der Waals surface area (Å²) in [6.07, 6.45) is 3.38. The van der Waals surface area contributed by atoms with Gasteiger partial charge in [0.1, 0.15) is 5.82 Å². The van der Waals surface area contributed by atoms with Crippen molar-refractivity contribution in [1.82, 2.24) is 14.7 Å². The minimum atomic E-state index is -0.184. The number of hydrogen-bond donors (Lipinski definition) is 0. The van der Waals surface area contributed by atoms with Gasteiger partial charge in [0.25, 0.3) is 0 Å². The number of nitrogens with zero attached hydrogens (tertiary/aromatic N) is 3. The van der Waals surface area contributed by atoms with Crippen LogP contribution in [-0.2, 0) is 11.3 Å². The lowest BCUT2D eigenvalue weighted by atomic mass is 10.2. The second-order valence-corrected chi connectivity index (χ2v) is 6.62. The van der Waals surface area contributed by atoms with Gasteiger partial charge in [-0.2, -0.15) is 0 Å². The van der Waals surface area contributed by atoms with Crippen LogP contribution >= 0.6 is 0 Å². The van der Waals surface area contributed by atoms with Gasteiger partial charge in [0, 0.05) is 32.7 Å². The van der Waals surface area contributed by atoms with Crippen LogP contribution in [0.3, 0.4) is 0 Å². The molecule has 4 nitrogen and oxygen atoms in total. The summed E-state index contributed by atoms with van der Waals surface area (Å²) in [7, 11) is 0. The Hall–Kier alpha value is -1.46. The molecule has 0 saturated carbocycles. The predicted molar refractivity (Wildman–Crippen MR) is 88.5 cm³/mol. The van der Waals surface area contributed by atoms with Crippen molar-refractivity contribution in [1.29, 1.82) is 0 Å². The summed E-state index contributed by atoms with van der Waals surface area (Å²) in [6.45, 7) is 7.20. The van der Waals surface area contributed by atoms with Gasteiger partial charge in [-0.3, -0.25) is 14.6 Å². The summed E-state index contributed by atoms with van der Waals surface area (Å²) in [4.78, 5) is 18.9. The monoisotopic (exact) mass is 319 g/mol. The second-order valence-electron chi connectivity index (χ2n) is 6.62. The zero-order valence-corrected chi connectivity index (χ0v) is 13.7. The molecule has 1 aromatic carbocycles. The van der Waals surface area contributed by atoms with Crippen LogP contribution in [0.5, 0.6) is 0 Å². The first kappa shape index (κ1) is 16.4. The molecule has 5 heteroatoms. The summed E-state index contributed by atoms with van der Waals surface area (Å²) < 4.78 is 13.0. The first-order chi connectivity index (χ1) is 11.2. The Morgan fingerprint density at radius 3 is 2.26 bits per heavy atom. The van der Waals surface area contributed by atoms with E-state index in [-0.39, 0.29) is 11.7 Å². The van der Waals surface area contributed by atoms with Gasteiger partial charge >= 0.3 is 0 Å². The molecule has 0 radical (unpaired) electrons. The molecule has 2 fully saturated rings. The van der Waals surface area contributed by atoms with Crippen molar-refractivity contribution in [3.63, 3.8) is 0 Å². The third-order valence-electron chi connectivity index (χ3n) is 4.82. The molecule has 2 aliphatic heterocycles. The lowest BCUT2D eigenvalue weighted by Gasteiger charge is -2.24. The van der Waals surface area contributed by atoms with Gasteiger partial charge in [0.2, 0.25) is 5.91 Å². The van der Waals surface area contributed by atoms with Gasteiger partial charge in [-0.15, -0.1) is 0 Å². The van der Waals surface area contributed by atoms with E-state index in [4.69, 9.17) is 0 Å². The van der Waals surface area contributed by atoms with E-state index in [1.165, 1.54) is 12.1 Å². The molecule has 126 valence electrons. The lowest BCUT2D eigenvalue weighted by molar-refractivity contribution is -0.131. The minimum absolute atomic E-state index is 0.184. The zero-order valence-electron chi connectivity index (χ0n) is 13.7. The number of amides is 1. The lowest BCUT2D eigenvalue weighted by Crippen LogP contribution is -2.40. The first-order valence-electron chi connectivity index (χ1n) is 8.68.